The van der Waals surface area contributed by atoms with Gasteiger partial charge in [0.05, 0.1) is 28.7 Å². The predicted octanol–water partition coefficient (Wildman–Crippen LogP) is 2.53. The maximum Gasteiger partial charge on any atom is 0.242 e. The van der Waals surface area contributed by atoms with Crippen LogP contribution in [-0.2, 0) is 33.1 Å². The fraction of sp³-hybridized carbons (Fsp3) is 0.375. The zero-order valence-electron chi connectivity index (χ0n) is 20.2. The normalized spacial score (nSPS) is 14.2. The number of hydrogen-bond acceptors (Lipinski definition) is 6. The summed E-state index contributed by atoms with van der Waals surface area (Å²) in [5.41, 5.74) is 2.62. The van der Waals surface area contributed by atoms with E-state index in [9.17, 15) is 18.0 Å². The summed E-state index contributed by atoms with van der Waals surface area (Å²) in [5.74, 6) is 1.07. The Labute approximate surface area is 204 Å². The summed E-state index contributed by atoms with van der Waals surface area (Å²) in [4.78, 5) is 31.1. The summed E-state index contributed by atoms with van der Waals surface area (Å²) >= 11 is 0. The highest BCUT2D eigenvalue weighted by Gasteiger charge is 2.25. The van der Waals surface area contributed by atoms with E-state index in [4.69, 9.17) is 4.74 Å². The van der Waals surface area contributed by atoms with Crippen molar-refractivity contribution >= 4 is 44.2 Å². The van der Waals surface area contributed by atoms with Crippen molar-refractivity contribution in [2.24, 2.45) is 7.05 Å². The van der Waals surface area contributed by atoms with Gasteiger partial charge in [0.2, 0.25) is 21.8 Å². The number of hydrogen-bond donors (Lipinski definition) is 1. The van der Waals surface area contributed by atoms with Gasteiger partial charge in [-0.2, -0.15) is 0 Å². The summed E-state index contributed by atoms with van der Waals surface area (Å²) in [6, 6.07) is 10.1. The van der Waals surface area contributed by atoms with Crippen LogP contribution in [0.5, 0.6) is 5.75 Å². The van der Waals surface area contributed by atoms with Crippen molar-refractivity contribution in [1.82, 2.24) is 13.9 Å². The topological polar surface area (TPSA) is 114 Å². The number of amides is 2. The number of carbonyl (C=O) groups is 2. The first kappa shape index (κ1) is 24.7. The Balaban J connectivity index is 1.45. The molecule has 35 heavy (non-hydrogen) atoms. The lowest BCUT2D eigenvalue weighted by Gasteiger charge is -2.19. The van der Waals surface area contributed by atoms with Crippen molar-refractivity contribution < 1.29 is 22.7 Å². The largest absolute Gasteiger partial charge is 0.494 e. The number of ether oxygens (including phenoxy) is 1. The van der Waals surface area contributed by atoms with E-state index in [0.29, 0.717) is 47.9 Å². The lowest BCUT2D eigenvalue weighted by atomic mass is 10.2. The maximum atomic E-state index is 12.6. The molecule has 186 valence electrons. The Bertz CT molecular complexity index is 1400. The quantitative estimate of drug-likeness (QED) is 0.510. The summed E-state index contributed by atoms with van der Waals surface area (Å²) in [6.45, 7) is 0.654. The van der Waals surface area contributed by atoms with Gasteiger partial charge < -0.3 is 19.5 Å². The van der Waals surface area contributed by atoms with Crippen molar-refractivity contribution in [2.45, 2.75) is 30.6 Å². The van der Waals surface area contributed by atoms with Gasteiger partial charge in [-0.1, -0.05) is 0 Å². The van der Waals surface area contributed by atoms with Gasteiger partial charge in [0.25, 0.3) is 0 Å². The van der Waals surface area contributed by atoms with E-state index < -0.39 is 10.0 Å². The number of methoxy groups -OCH3 is 1. The van der Waals surface area contributed by atoms with Crippen LogP contribution < -0.4 is 15.0 Å². The molecule has 2 aromatic carbocycles. The number of aromatic nitrogens is 2. The third-order valence-electron chi connectivity index (χ3n) is 6.13. The number of benzene rings is 2. The molecule has 1 aliphatic rings. The molecule has 0 saturated carbocycles. The molecule has 3 aromatic rings. The molecule has 0 atom stereocenters. The molecule has 0 spiro atoms. The van der Waals surface area contributed by atoms with Crippen LogP contribution in [0.15, 0.2) is 41.3 Å². The smallest absolute Gasteiger partial charge is 0.242 e. The number of nitrogens with one attached hydrogen (secondary N) is 1. The van der Waals surface area contributed by atoms with Crippen LogP contribution in [0.1, 0.15) is 25.1 Å². The molecule has 2 amide bonds. The van der Waals surface area contributed by atoms with E-state index >= 15 is 0 Å². The number of fused-ring (bicyclic) bond motifs is 1. The molecule has 4 rings (SSSR count). The van der Waals surface area contributed by atoms with E-state index in [1.807, 2.05) is 11.6 Å². The molecule has 0 unspecified atom stereocenters. The van der Waals surface area contributed by atoms with Crippen LogP contribution in [0.25, 0.3) is 11.0 Å². The molecule has 10 nitrogen and oxygen atoms in total. The average molecular weight is 500 g/mol. The Hall–Kier alpha value is -3.44. The zero-order chi connectivity index (χ0) is 25.3. The van der Waals surface area contributed by atoms with Gasteiger partial charge in [-0.05, 0) is 36.8 Å². The molecule has 1 fully saturated rings. The Morgan fingerprint density at radius 1 is 1.20 bits per heavy atom. The van der Waals surface area contributed by atoms with E-state index in [-0.39, 0.29) is 23.1 Å². The van der Waals surface area contributed by atoms with Crippen LogP contribution >= 0.6 is 0 Å². The highest BCUT2D eigenvalue weighted by Crippen LogP contribution is 2.34. The standard InChI is InChI=1S/C24H29N5O5S/c1-27(2)35(32,33)17-8-10-19-18(15-17)26-22(28(19)3)11-12-23(30)25-16-7-9-20(21(14-16)34-4)29-13-5-6-24(29)31/h7-10,14-15H,5-6,11-13H2,1-4H3,(H,25,30). The van der Waals surface area contributed by atoms with Gasteiger partial charge in [0, 0.05) is 58.7 Å². The average Bonchev–Trinajstić information content (AvgIpc) is 3.39. The molecule has 1 saturated heterocycles. The lowest BCUT2D eigenvalue weighted by Crippen LogP contribution is -2.24. The minimum Gasteiger partial charge on any atom is -0.494 e. The first-order valence-electron chi connectivity index (χ1n) is 11.3. The summed E-state index contributed by atoms with van der Waals surface area (Å²) in [5, 5.41) is 2.87. The number of nitrogens with zero attached hydrogens (tertiary/aromatic N) is 4. The zero-order valence-corrected chi connectivity index (χ0v) is 21.1. The monoisotopic (exact) mass is 499 g/mol. The fourth-order valence-electron chi connectivity index (χ4n) is 4.15. The van der Waals surface area contributed by atoms with Gasteiger partial charge in [-0.15, -0.1) is 0 Å². The number of aryl methyl sites for hydroxylation is 2. The number of rotatable bonds is 8. The molecule has 0 radical (unpaired) electrons. The molecular weight excluding hydrogens is 470 g/mol. The highest BCUT2D eigenvalue weighted by molar-refractivity contribution is 7.89. The first-order chi connectivity index (χ1) is 16.6. The van der Waals surface area contributed by atoms with Crippen LogP contribution in [0.2, 0.25) is 0 Å². The van der Waals surface area contributed by atoms with Gasteiger partial charge >= 0.3 is 0 Å². The predicted molar refractivity (Wildman–Crippen MR) is 133 cm³/mol. The van der Waals surface area contributed by atoms with Crippen molar-refractivity contribution in [2.75, 3.05) is 38.0 Å². The SMILES string of the molecule is COc1cc(NC(=O)CCc2nc3cc(S(=O)(=O)N(C)C)ccc3n2C)ccc1N1CCCC1=O. The maximum absolute atomic E-state index is 12.6. The van der Waals surface area contributed by atoms with E-state index in [0.717, 1.165) is 16.2 Å². The van der Waals surface area contributed by atoms with Crippen LogP contribution in [0.4, 0.5) is 11.4 Å². The first-order valence-corrected chi connectivity index (χ1v) is 12.7. The summed E-state index contributed by atoms with van der Waals surface area (Å²) in [7, 11) is 2.78. The van der Waals surface area contributed by atoms with Crippen molar-refractivity contribution in [3.05, 3.63) is 42.2 Å². The number of carbonyl (C=O) groups excluding carboxylic acids is 2. The fourth-order valence-corrected chi connectivity index (χ4v) is 5.08. The second-order valence-corrected chi connectivity index (χ2v) is 10.8. The number of imidazole rings is 1. The van der Waals surface area contributed by atoms with Crippen molar-refractivity contribution in [3.63, 3.8) is 0 Å². The molecule has 1 aromatic heterocycles. The Morgan fingerprint density at radius 3 is 2.63 bits per heavy atom. The van der Waals surface area contributed by atoms with Crippen LogP contribution in [0, 0.1) is 0 Å². The molecule has 1 N–H and O–H groups in total. The molecule has 11 heteroatoms. The minimum absolute atomic E-state index is 0.0639. The molecule has 2 heterocycles. The molecule has 0 bridgehead atoms. The van der Waals surface area contributed by atoms with Gasteiger partial charge in [-0.3, -0.25) is 9.59 Å². The van der Waals surface area contributed by atoms with Gasteiger partial charge in [0.15, 0.2) is 0 Å². The van der Waals surface area contributed by atoms with E-state index in [1.54, 1.807) is 41.3 Å². The summed E-state index contributed by atoms with van der Waals surface area (Å²) < 4.78 is 33.3. The molecular formula is C24H29N5O5S. The van der Waals surface area contributed by atoms with Gasteiger partial charge in [-0.25, -0.2) is 17.7 Å². The number of anilines is 2. The lowest BCUT2D eigenvalue weighted by molar-refractivity contribution is -0.117. The molecule has 1 aliphatic heterocycles. The third-order valence-corrected chi connectivity index (χ3v) is 7.94. The van der Waals surface area contributed by atoms with Crippen LogP contribution in [0.3, 0.4) is 0 Å². The van der Waals surface area contributed by atoms with E-state index in [1.165, 1.54) is 21.2 Å². The minimum atomic E-state index is -3.56. The highest BCUT2D eigenvalue weighted by atomic mass is 32.2. The molecule has 0 aliphatic carbocycles. The van der Waals surface area contributed by atoms with Crippen molar-refractivity contribution in [1.29, 1.82) is 0 Å². The number of sulfonamides is 1. The van der Waals surface area contributed by atoms with Gasteiger partial charge in [0.1, 0.15) is 11.6 Å². The Kier molecular flexibility index (Phi) is 6.82. The Morgan fingerprint density at radius 2 is 1.97 bits per heavy atom. The van der Waals surface area contributed by atoms with E-state index in [2.05, 4.69) is 10.3 Å². The van der Waals surface area contributed by atoms with Crippen LogP contribution in [-0.4, -0.2) is 61.8 Å². The third kappa shape index (κ3) is 4.87. The second kappa shape index (κ2) is 9.67. The summed E-state index contributed by atoms with van der Waals surface area (Å²) in [6.07, 6.45) is 1.91. The van der Waals surface area contributed by atoms with Crippen molar-refractivity contribution in [3.8, 4) is 5.75 Å². The second-order valence-electron chi connectivity index (χ2n) is 8.61.